The average Bonchev–Trinajstić information content (AvgIpc) is 3.42. The van der Waals surface area contributed by atoms with Crippen molar-refractivity contribution in [3.8, 4) is 44.5 Å². The highest BCUT2D eigenvalue weighted by Crippen LogP contribution is 2.52. The van der Waals surface area contributed by atoms with Gasteiger partial charge in [-0.3, -0.25) is 0 Å². The molecule has 0 spiro atoms. The number of fused-ring (bicyclic) bond motifs is 4. The molecule has 1 nitrogen and oxygen atoms in total. The van der Waals surface area contributed by atoms with Crippen LogP contribution in [0.4, 0.5) is 17.1 Å². The predicted molar refractivity (Wildman–Crippen MR) is 213 cm³/mol. The van der Waals surface area contributed by atoms with E-state index in [9.17, 15) is 0 Å². The molecule has 238 valence electrons. The van der Waals surface area contributed by atoms with E-state index in [1.54, 1.807) is 0 Å². The van der Waals surface area contributed by atoms with Crippen molar-refractivity contribution in [3.05, 3.63) is 199 Å². The van der Waals surface area contributed by atoms with Gasteiger partial charge in [0.2, 0.25) is 0 Å². The maximum absolute atomic E-state index is 2.38. The summed E-state index contributed by atoms with van der Waals surface area (Å²) in [5.41, 5.74) is 16.2. The maximum atomic E-state index is 2.38. The van der Waals surface area contributed by atoms with Crippen LogP contribution in [0.1, 0.15) is 25.0 Å². The normalized spacial score (nSPS) is 12.8. The number of anilines is 3. The fourth-order valence-corrected chi connectivity index (χ4v) is 7.88. The highest BCUT2D eigenvalue weighted by atomic mass is 15.1. The Balaban J connectivity index is 1.15. The minimum atomic E-state index is -0.0274. The SMILES string of the molecule is CC1(C)c2ccccc2-c2c(-c3ccc(N(c4cccc(-c5cccc(-c6ccccc6)c5)c4)c4ccc5ccccc5c4)cc3)cccc21. The molecular weight excluding hydrogens is 603 g/mol. The molecule has 0 aromatic heterocycles. The van der Waals surface area contributed by atoms with Gasteiger partial charge in [-0.2, -0.15) is 0 Å². The summed E-state index contributed by atoms with van der Waals surface area (Å²) in [6.45, 7) is 4.69. The lowest BCUT2D eigenvalue weighted by Gasteiger charge is -2.27. The van der Waals surface area contributed by atoms with E-state index < -0.39 is 0 Å². The van der Waals surface area contributed by atoms with Gasteiger partial charge in [0, 0.05) is 22.5 Å². The first kappa shape index (κ1) is 29.9. The van der Waals surface area contributed by atoms with Gasteiger partial charge >= 0.3 is 0 Å². The molecule has 9 rings (SSSR count). The van der Waals surface area contributed by atoms with Crippen molar-refractivity contribution >= 4 is 27.8 Å². The van der Waals surface area contributed by atoms with E-state index in [2.05, 4.69) is 207 Å². The Morgan fingerprint density at radius 3 is 1.72 bits per heavy atom. The van der Waals surface area contributed by atoms with Crippen LogP contribution in [0.5, 0.6) is 0 Å². The molecule has 8 aromatic rings. The topological polar surface area (TPSA) is 3.24 Å². The molecule has 50 heavy (non-hydrogen) atoms. The zero-order valence-corrected chi connectivity index (χ0v) is 28.3. The standard InChI is InChI=1S/C49H37N/c1-49(2)46-23-9-8-21-45(46)48-44(22-12-24-47(48)49)36-26-28-41(29-27-36)50(43-30-25-35-15-6-7-16-39(35)32-43)42-20-11-19-40(33-42)38-18-10-17-37(31-38)34-13-4-3-5-14-34/h3-33H,1-2H3. The summed E-state index contributed by atoms with van der Waals surface area (Å²) in [5, 5.41) is 2.46. The molecule has 0 bridgehead atoms. The molecule has 0 N–H and O–H groups in total. The number of hydrogen-bond donors (Lipinski definition) is 0. The lowest BCUT2D eigenvalue weighted by molar-refractivity contribution is 0.660. The second kappa shape index (κ2) is 12.1. The van der Waals surface area contributed by atoms with Gasteiger partial charge in [0.1, 0.15) is 0 Å². The smallest absolute Gasteiger partial charge is 0.0468 e. The van der Waals surface area contributed by atoms with Crippen molar-refractivity contribution in [2.24, 2.45) is 0 Å². The van der Waals surface area contributed by atoms with Crippen LogP contribution in [0.2, 0.25) is 0 Å². The molecule has 1 aliphatic carbocycles. The summed E-state index contributed by atoms with van der Waals surface area (Å²) in [7, 11) is 0. The zero-order chi connectivity index (χ0) is 33.7. The van der Waals surface area contributed by atoms with Gasteiger partial charge in [0.05, 0.1) is 0 Å². The van der Waals surface area contributed by atoms with Gasteiger partial charge in [-0.1, -0.05) is 159 Å². The van der Waals surface area contributed by atoms with Crippen molar-refractivity contribution < 1.29 is 0 Å². The average molecular weight is 640 g/mol. The van der Waals surface area contributed by atoms with E-state index in [0.717, 1.165) is 17.1 Å². The number of benzene rings is 8. The minimum absolute atomic E-state index is 0.0274. The first-order chi connectivity index (χ1) is 24.5. The van der Waals surface area contributed by atoms with Crippen LogP contribution in [-0.2, 0) is 5.41 Å². The Morgan fingerprint density at radius 1 is 0.340 bits per heavy atom. The third-order valence-corrected chi connectivity index (χ3v) is 10.4. The molecule has 0 atom stereocenters. The Bertz CT molecular complexity index is 2510. The molecule has 0 heterocycles. The summed E-state index contributed by atoms with van der Waals surface area (Å²) in [6.07, 6.45) is 0. The minimum Gasteiger partial charge on any atom is -0.310 e. The van der Waals surface area contributed by atoms with Crippen molar-refractivity contribution in [1.82, 2.24) is 0 Å². The largest absolute Gasteiger partial charge is 0.310 e. The number of rotatable bonds is 6. The fraction of sp³-hybridized carbons (Fsp3) is 0.0612. The molecule has 0 saturated carbocycles. The van der Waals surface area contributed by atoms with E-state index in [4.69, 9.17) is 0 Å². The van der Waals surface area contributed by atoms with Crippen LogP contribution in [0.15, 0.2) is 188 Å². The van der Waals surface area contributed by atoms with Crippen LogP contribution in [0, 0.1) is 0 Å². The van der Waals surface area contributed by atoms with Crippen molar-refractivity contribution in [2.45, 2.75) is 19.3 Å². The van der Waals surface area contributed by atoms with Gasteiger partial charge in [-0.15, -0.1) is 0 Å². The lowest BCUT2D eigenvalue weighted by atomic mass is 9.82. The molecule has 0 radical (unpaired) electrons. The van der Waals surface area contributed by atoms with Crippen molar-refractivity contribution in [2.75, 3.05) is 4.90 Å². The number of nitrogens with zero attached hydrogens (tertiary/aromatic N) is 1. The summed E-state index contributed by atoms with van der Waals surface area (Å²) in [6, 6.07) is 68.6. The van der Waals surface area contributed by atoms with Crippen molar-refractivity contribution in [1.29, 1.82) is 0 Å². The predicted octanol–water partition coefficient (Wildman–Crippen LogP) is 13.6. The number of hydrogen-bond acceptors (Lipinski definition) is 1. The highest BCUT2D eigenvalue weighted by molar-refractivity contribution is 5.94. The van der Waals surface area contributed by atoms with Crippen LogP contribution < -0.4 is 4.90 Å². The van der Waals surface area contributed by atoms with E-state index >= 15 is 0 Å². The Morgan fingerprint density at radius 2 is 0.900 bits per heavy atom. The Labute approximate surface area is 294 Å². The molecule has 0 aliphatic heterocycles. The fourth-order valence-electron chi connectivity index (χ4n) is 7.88. The quantitative estimate of drug-likeness (QED) is 0.175. The third kappa shape index (κ3) is 5.11. The molecular formula is C49H37N. The van der Waals surface area contributed by atoms with Crippen molar-refractivity contribution in [3.63, 3.8) is 0 Å². The maximum Gasteiger partial charge on any atom is 0.0468 e. The van der Waals surface area contributed by atoms with Gasteiger partial charge in [-0.25, -0.2) is 0 Å². The molecule has 1 aliphatic rings. The lowest BCUT2D eigenvalue weighted by Crippen LogP contribution is -2.14. The summed E-state index contributed by atoms with van der Waals surface area (Å²) >= 11 is 0. The highest BCUT2D eigenvalue weighted by Gasteiger charge is 2.36. The van der Waals surface area contributed by atoms with Gasteiger partial charge in [0.15, 0.2) is 0 Å². The zero-order valence-electron chi connectivity index (χ0n) is 28.3. The van der Waals surface area contributed by atoms with Gasteiger partial charge in [0.25, 0.3) is 0 Å². The first-order valence-corrected chi connectivity index (χ1v) is 17.4. The van der Waals surface area contributed by atoms with E-state index in [-0.39, 0.29) is 5.41 Å². The van der Waals surface area contributed by atoms with E-state index in [1.807, 2.05) is 0 Å². The Hall–Kier alpha value is -6.18. The molecule has 0 saturated heterocycles. The molecule has 0 amide bonds. The first-order valence-electron chi connectivity index (χ1n) is 17.4. The van der Waals surface area contributed by atoms with Crippen LogP contribution >= 0.6 is 0 Å². The monoisotopic (exact) mass is 639 g/mol. The summed E-state index contributed by atoms with van der Waals surface area (Å²) < 4.78 is 0. The van der Waals surface area contributed by atoms with E-state index in [0.29, 0.717) is 0 Å². The molecule has 8 aromatic carbocycles. The molecule has 0 unspecified atom stereocenters. The molecule has 1 heteroatoms. The summed E-state index contributed by atoms with van der Waals surface area (Å²) in [5.74, 6) is 0. The third-order valence-electron chi connectivity index (χ3n) is 10.4. The van der Waals surface area contributed by atoms with Gasteiger partial charge < -0.3 is 4.90 Å². The molecule has 0 fully saturated rings. The second-order valence-corrected chi connectivity index (χ2v) is 13.8. The van der Waals surface area contributed by atoms with Gasteiger partial charge in [-0.05, 0) is 109 Å². The summed E-state index contributed by atoms with van der Waals surface area (Å²) in [4.78, 5) is 2.38. The van der Waals surface area contributed by atoms with Crippen LogP contribution in [0.25, 0.3) is 55.3 Å². The van der Waals surface area contributed by atoms with Crippen LogP contribution in [0.3, 0.4) is 0 Å². The van der Waals surface area contributed by atoms with Crippen LogP contribution in [-0.4, -0.2) is 0 Å². The second-order valence-electron chi connectivity index (χ2n) is 13.8. The Kier molecular flexibility index (Phi) is 7.21. The van der Waals surface area contributed by atoms with E-state index in [1.165, 1.54) is 66.4 Å².